The highest BCUT2D eigenvalue weighted by atomic mass is 16.6. The Morgan fingerprint density at radius 2 is 0.825 bits per heavy atom. The van der Waals surface area contributed by atoms with Crippen LogP contribution in [0.25, 0.3) is 0 Å². The van der Waals surface area contributed by atoms with Gasteiger partial charge in [-0.2, -0.15) is 0 Å². The van der Waals surface area contributed by atoms with E-state index < -0.39 is 22.4 Å². The summed E-state index contributed by atoms with van der Waals surface area (Å²) in [7, 11) is 2.22. The van der Waals surface area contributed by atoms with Crippen molar-refractivity contribution in [2.75, 3.05) is 92.2 Å². The molecule has 0 aliphatic carbocycles. The maximum Gasteiger partial charge on any atom is 0.0905 e. The van der Waals surface area contributed by atoms with Crippen LogP contribution in [-0.4, -0.2) is 178 Å². The van der Waals surface area contributed by atoms with Gasteiger partial charge in [-0.15, -0.1) is 0 Å². The minimum Gasteiger partial charge on any atom is -0.389 e. The van der Waals surface area contributed by atoms with E-state index in [0.29, 0.717) is 34.4 Å². The number of ether oxygens (including phenoxy) is 1. The predicted octanol–water partition coefficient (Wildman–Crippen LogP) is 15.6. The molecule has 1 atom stereocenters. The fourth-order valence-corrected chi connectivity index (χ4v) is 11.9. The van der Waals surface area contributed by atoms with Gasteiger partial charge in [0.1, 0.15) is 0 Å². The number of hydrogen-bond acceptors (Lipinski definition) is 10. The van der Waals surface area contributed by atoms with E-state index in [2.05, 4.69) is 225 Å². The molecule has 0 spiro atoms. The second-order valence-corrected chi connectivity index (χ2v) is 34.7. The van der Waals surface area contributed by atoms with Crippen molar-refractivity contribution in [3.63, 3.8) is 0 Å². The standard InChI is InChI=1S/C12H25NO.2C11H23NO.C10H21NO.C10H21N.C8H16O.C7H16.CH4/c1-10(2)13-8-6-12(14,7-9-13)11(3,4)5;1-9(2)12-7-11(13,8-12)6-10(3,4)5;1-5-12-8-6-11(13,7-9-12)10(2,3)4;1-5-11-7-10(12,8-11)6-9(2,3)4;1-10(2,3)9-5-7-11(4)8-6-9;1-8(2,3)5-4-7-6-9-7;1-5-6-7(2,3)4;/h10,14H,6-9H2,1-5H3;9,13H,6-8H2,1-5H3;13H,5-9H2,1-4H3;12H,5-8H2,1-4H3;9H,5-8H2,1-4H3;7H,4-6H2,1-3H3;5-6H2,1-4H3;1H4. The number of piperidine rings is 3. The lowest BCUT2D eigenvalue weighted by Gasteiger charge is -2.51. The van der Waals surface area contributed by atoms with Gasteiger partial charge in [0.2, 0.25) is 0 Å². The lowest BCUT2D eigenvalue weighted by atomic mass is 9.71. The molecule has 10 nitrogen and oxygen atoms in total. The molecular weight excluding hydrogens is 991 g/mol. The second kappa shape index (κ2) is 33.6. The topological polar surface area (TPSA) is 110 Å². The molecule has 80 heavy (non-hydrogen) atoms. The van der Waals surface area contributed by atoms with Crippen LogP contribution in [-0.2, 0) is 4.74 Å². The first kappa shape index (κ1) is 81.7. The molecule has 6 saturated heterocycles. The summed E-state index contributed by atoms with van der Waals surface area (Å²) < 4.78 is 5.10. The molecule has 4 N–H and O–H groups in total. The normalized spacial score (nSPS) is 22.9. The van der Waals surface area contributed by atoms with E-state index in [1.54, 1.807) is 0 Å². The number of likely N-dealkylation sites (N-methyl/N-ethyl adjacent to an activating group) is 1. The van der Waals surface area contributed by atoms with Gasteiger partial charge in [0.15, 0.2) is 0 Å². The van der Waals surface area contributed by atoms with E-state index in [0.717, 1.165) is 116 Å². The summed E-state index contributed by atoms with van der Waals surface area (Å²) >= 11 is 0. The van der Waals surface area contributed by atoms with Gasteiger partial charge in [-0.05, 0) is 175 Å². The van der Waals surface area contributed by atoms with Crippen molar-refractivity contribution >= 4 is 0 Å². The van der Waals surface area contributed by atoms with Crippen LogP contribution < -0.4 is 0 Å². The Morgan fingerprint density at radius 1 is 0.475 bits per heavy atom. The number of epoxide rings is 1. The summed E-state index contributed by atoms with van der Waals surface area (Å²) in [6, 6.07) is 1.18. The van der Waals surface area contributed by atoms with Crippen molar-refractivity contribution in [3.8, 4) is 0 Å². The first-order chi connectivity index (χ1) is 35.4. The number of likely N-dealkylation sites (tertiary alicyclic amines) is 5. The SMILES string of the molecule is C.CC(C)(C)CCC1CO1.CC(C)N1CC(O)(CC(C)(C)C)C1.CC(C)N1CCC(O)(C(C)(C)C)CC1.CCCC(C)(C)C.CCN1CC(O)(CC(C)(C)C)C1.CCN1CCC(O)(C(C)(C)C)CC1.CN1CCC(C(C)(C)C)CC1. The number of rotatable bonds is 9. The van der Waals surface area contributed by atoms with Crippen LogP contribution in [0, 0.1) is 43.8 Å². The molecule has 0 saturated carbocycles. The van der Waals surface area contributed by atoms with Crippen LogP contribution in [0.4, 0.5) is 0 Å². The van der Waals surface area contributed by atoms with Crippen molar-refractivity contribution in [2.24, 2.45) is 43.8 Å². The monoisotopic (exact) mass is 1140 g/mol. The van der Waals surface area contributed by atoms with E-state index >= 15 is 0 Å². The Kier molecular flexibility index (Phi) is 34.3. The van der Waals surface area contributed by atoms with Crippen molar-refractivity contribution < 1.29 is 25.2 Å². The number of β-amino-alcohol motifs (C(OH)–C–C–N with tert-alkyl or cyclic N) is 2. The Hall–Kier alpha value is -0.400. The molecule has 484 valence electrons. The maximum absolute atomic E-state index is 10.5. The molecule has 0 aromatic rings. The summed E-state index contributed by atoms with van der Waals surface area (Å²) in [5.41, 5.74) is 0.366. The molecule has 6 rings (SSSR count). The molecule has 6 aliphatic rings. The Balaban J connectivity index is 0. The highest BCUT2D eigenvalue weighted by Crippen LogP contribution is 2.41. The van der Waals surface area contributed by atoms with Gasteiger partial charge in [0, 0.05) is 64.4 Å². The zero-order chi connectivity index (χ0) is 62.1. The van der Waals surface area contributed by atoms with Crippen LogP contribution in [0.2, 0.25) is 0 Å². The molecule has 6 fully saturated rings. The predicted molar refractivity (Wildman–Crippen MR) is 352 cm³/mol. The van der Waals surface area contributed by atoms with Gasteiger partial charge < -0.3 is 39.9 Å². The molecule has 6 aliphatic heterocycles. The zero-order valence-electron chi connectivity index (χ0n) is 58.9. The fraction of sp³-hybridized carbons (Fsp3) is 1.00. The van der Waals surface area contributed by atoms with Gasteiger partial charge in [0.25, 0.3) is 0 Å². The molecule has 0 radical (unpaired) electrons. The van der Waals surface area contributed by atoms with Crippen LogP contribution >= 0.6 is 0 Å². The minimum absolute atomic E-state index is 0. The smallest absolute Gasteiger partial charge is 0.0905 e. The van der Waals surface area contributed by atoms with Crippen LogP contribution in [0.3, 0.4) is 0 Å². The van der Waals surface area contributed by atoms with E-state index in [4.69, 9.17) is 4.74 Å². The largest absolute Gasteiger partial charge is 0.389 e. The minimum atomic E-state index is -0.460. The third-order valence-electron chi connectivity index (χ3n) is 17.8. The Morgan fingerprint density at radius 3 is 1.09 bits per heavy atom. The summed E-state index contributed by atoms with van der Waals surface area (Å²) in [5, 5.41) is 41.0. The first-order valence-electron chi connectivity index (χ1n) is 32.5. The van der Waals surface area contributed by atoms with Crippen molar-refractivity contribution in [1.29, 1.82) is 0 Å². The average Bonchev–Trinajstić information content (AvgIpc) is 4.08. The Labute approximate surface area is 502 Å². The molecular formula is C70H149N5O5. The van der Waals surface area contributed by atoms with Crippen molar-refractivity contribution in [1.82, 2.24) is 24.5 Å². The number of hydrogen-bond donors (Lipinski definition) is 4. The highest BCUT2D eigenvalue weighted by Gasteiger charge is 2.46. The van der Waals surface area contributed by atoms with Gasteiger partial charge in [0.05, 0.1) is 35.1 Å². The molecule has 0 aromatic carbocycles. The van der Waals surface area contributed by atoms with Gasteiger partial charge >= 0.3 is 0 Å². The van der Waals surface area contributed by atoms with Gasteiger partial charge in [-0.25, -0.2) is 0 Å². The molecule has 0 amide bonds. The van der Waals surface area contributed by atoms with E-state index in [1.807, 2.05) is 0 Å². The summed E-state index contributed by atoms with van der Waals surface area (Å²) in [6.07, 6.45) is 14.1. The van der Waals surface area contributed by atoms with Gasteiger partial charge in [-0.1, -0.05) is 180 Å². The summed E-state index contributed by atoms with van der Waals surface area (Å²) in [6.45, 7) is 75.3. The third kappa shape index (κ3) is 34.7. The van der Waals surface area contributed by atoms with Gasteiger partial charge in [-0.3, -0.25) is 9.80 Å². The van der Waals surface area contributed by atoms with E-state index in [-0.39, 0.29) is 29.1 Å². The maximum atomic E-state index is 10.5. The summed E-state index contributed by atoms with van der Waals surface area (Å²) in [5.74, 6) is 0.943. The number of aliphatic hydroxyl groups is 4. The van der Waals surface area contributed by atoms with Crippen LogP contribution in [0.15, 0.2) is 0 Å². The highest BCUT2D eigenvalue weighted by molar-refractivity contribution is 5.00. The molecule has 6 heterocycles. The molecule has 10 heteroatoms. The lowest BCUT2D eigenvalue weighted by molar-refractivity contribution is -0.129. The second-order valence-electron chi connectivity index (χ2n) is 34.7. The van der Waals surface area contributed by atoms with Crippen molar-refractivity contribution in [2.45, 2.75) is 319 Å². The fourth-order valence-electron chi connectivity index (χ4n) is 11.9. The first-order valence-corrected chi connectivity index (χ1v) is 32.5. The zero-order valence-corrected chi connectivity index (χ0v) is 58.9. The van der Waals surface area contributed by atoms with E-state index in [1.165, 1.54) is 51.6 Å². The lowest BCUT2D eigenvalue weighted by Crippen LogP contribution is -2.64. The third-order valence-corrected chi connectivity index (χ3v) is 17.8. The summed E-state index contributed by atoms with van der Waals surface area (Å²) in [4.78, 5) is 11.9. The molecule has 0 aromatic heterocycles. The quantitative estimate of drug-likeness (QED) is 0.167. The average molecular weight is 1140 g/mol. The molecule has 1 unspecified atom stereocenters. The Bertz CT molecular complexity index is 1580. The van der Waals surface area contributed by atoms with Crippen molar-refractivity contribution in [3.05, 3.63) is 0 Å². The van der Waals surface area contributed by atoms with Crippen LogP contribution in [0.5, 0.6) is 0 Å². The molecule has 0 bridgehead atoms. The number of nitrogens with zero attached hydrogens (tertiary/aromatic N) is 5. The van der Waals surface area contributed by atoms with E-state index in [9.17, 15) is 20.4 Å². The van der Waals surface area contributed by atoms with Crippen LogP contribution in [0.1, 0.15) is 278 Å².